The Labute approximate surface area is 96.3 Å². The van der Waals surface area contributed by atoms with E-state index in [1.165, 1.54) is 0 Å². The summed E-state index contributed by atoms with van der Waals surface area (Å²) in [7, 11) is 0. The van der Waals surface area contributed by atoms with Gasteiger partial charge >= 0.3 is 5.97 Å². The van der Waals surface area contributed by atoms with Crippen LogP contribution in [-0.2, 0) is 19.1 Å². The fraction of sp³-hybridized carbons (Fsp3) is 0.833. The van der Waals surface area contributed by atoms with E-state index in [0.717, 1.165) is 13.0 Å². The van der Waals surface area contributed by atoms with Gasteiger partial charge in [-0.05, 0) is 33.1 Å². The summed E-state index contributed by atoms with van der Waals surface area (Å²) in [6.07, 6.45) is 1.32. The zero-order valence-corrected chi connectivity index (χ0v) is 10.2. The van der Waals surface area contributed by atoms with Crippen molar-refractivity contribution in [1.82, 2.24) is 0 Å². The van der Waals surface area contributed by atoms with Gasteiger partial charge in [0.05, 0.1) is 6.61 Å². The third-order valence-electron chi connectivity index (χ3n) is 2.98. The van der Waals surface area contributed by atoms with E-state index < -0.39 is 11.4 Å². The Bertz CT molecular complexity index is 264. The Morgan fingerprint density at radius 3 is 2.62 bits per heavy atom. The summed E-state index contributed by atoms with van der Waals surface area (Å²) in [5, 5.41) is 0. The summed E-state index contributed by atoms with van der Waals surface area (Å²) in [6, 6.07) is 0. The van der Waals surface area contributed by atoms with E-state index in [9.17, 15) is 9.59 Å². The van der Waals surface area contributed by atoms with Gasteiger partial charge < -0.3 is 9.47 Å². The van der Waals surface area contributed by atoms with Crippen molar-refractivity contribution in [1.29, 1.82) is 0 Å². The van der Waals surface area contributed by atoms with Crippen LogP contribution in [0.5, 0.6) is 0 Å². The molecular formula is C12H20O4. The van der Waals surface area contributed by atoms with Crippen LogP contribution in [0.3, 0.4) is 0 Å². The van der Waals surface area contributed by atoms with E-state index in [0.29, 0.717) is 19.6 Å². The highest BCUT2D eigenvalue weighted by atomic mass is 16.5. The molecule has 0 aliphatic carbocycles. The van der Waals surface area contributed by atoms with Crippen molar-refractivity contribution < 1.29 is 19.1 Å². The zero-order chi connectivity index (χ0) is 12.2. The summed E-state index contributed by atoms with van der Waals surface area (Å²) in [4.78, 5) is 23.6. The SMILES string of the molecule is CCOC(=O)C(C)(C)C(=O)CC1CCOC1. The van der Waals surface area contributed by atoms with E-state index >= 15 is 0 Å². The van der Waals surface area contributed by atoms with Gasteiger partial charge in [-0.1, -0.05) is 0 Å². The van der Waals surface area contributed by atoms with Gasteiger partial charge in [-0.15, -0.1) is 0 Å². The van der Waals surface area contributed by atoms with Crippen LogP contribution in [0.2, 0.25) is 0 Å². The number of hydrogen-bond acceptors (Lipinski definition) is 4. The lowest BCUT2D eigenvalue weighted by atomic mass is 9.83. The average molecular weight is 228 g/mol. The van der Waals surface area contributed by atoms with E-state index in [1.807, 2.05) is 0 Å². The van der Waals surface area contributed by atoms with E-state index in [4.69, 9.17) is 9.47 Å². The molecule has 1 unspecified atom stereocenters. The normalized spacial score (nSPS) is 20.8. The molecular weight excluding hydrogens is 208 g/mol. The maximum atomic E-state index is 12.0. The quantitative estimate of drug-likeness (QED) is 0.529. The summed E-state index contributed by atoms with van der Waals surface area (Å²) in [5.74, 6) is -0.221. The Morgan fingerprint density at radius 2 is 2.12 bits per heavy atom. The third-order valence-corrected chi connectivity index (χ3v) is 2.98. The largest absolute Gasteiger partial charge is 0.465 e. The first-order valence-corrected chi connectivity index (χ1v) is 5.76. The molecule has 92 valence electrons. The van der Waals surface area contributed by atoms with Gasteiger partial charge in [0.15, 0.2) is 0 Å². The maximum Gasteiger partial charge on any atom is 0.319 e. The Kier molecular flexibility index (Phi) is 4.47. The van der Waals surface area contributed by atoms with Gasteiger partial charge in [0.1, 0.15) is 11.2 Å². The number of ketones is 1. The van der Waals surface area contributed by atoms with Crippen LogP contribution in [0.15, 0.2) is 0 Å². The first kappa shape index (κ1) is 13.2. The molecule has 4 heteroatoms. The Balaban J connectivity index is 2.53. The summed E-state index contributed by atoms with van der Waals surface area (Å²) >= 11 is 0. The fourth-order valence-electron chi connectivity index (χ4n) is 1.69. The van der Waals surface area contributed by atoms with Crippen molar-refractivity contribution in [2.24, 2.45) is 11.3 Å². The minimum atomic E-state index is -1.03. The summed E-state index contributed by atoms with van der Waals surface area (Å²) in [5.41, 5.74) is -1.03. The number of carbonyl (C=O) groups excluding carboxylic acids is 2. The van der Waals surface area contributed by atoms with Crippen molar-refractivity contribution in [3.05, 3.63) is 0 Å². The number of rotatable bonds is 5. The predicted octanol–water partition coefficient (Wildman–Crippen LogP) is 1.57. The molecule has 1 aliphatic heterocycles. The number of hydrogen-bond donors (Lipinski definition) is 0. The van der Waals surface area contributed by atoms with Crippen LogP contribution in [0.4, 0.5) is 0 Å². The van der Waals surface area contributed by atoms with Crippen LogP contribution in [-0.4, -0.2) is 31.6 Å². The minimum Gasteiger partial charge on any atom is -0.465 e. The van der Waals surface area contributed by atoms with Gasteiger partial charge in [0, 0.05) is 19.6 Å². The third kappa shape index (κ3) is 3.04. The van der Waals surface area contributed by atoms with Crippen LogP contribution < -0.4 is 0 Å². The number of Topliss-reactive ketones (excluding diaryl/α,β-unsaturated/α-hetero) is 1. The molecule has 0 radical (unpaired) electrons. The second-order valence-electron chi connectivity index (χ2n) is 4.70. The molecule has 0 amide bonds. The molecule has 1 aliphatic rings. The van der Waals surface area contributed by atoms with Gasteiger partial charge in [-0.3, -0.25) is 9.59 Å². The first-order valence-electron chi connectivity index (χ1n) is 5.76. The summed E-state index contributed by atoms with van der Waals surface area (Å²) < 4.78 is 10.1. The lowest BCUT2D eigenvalue weighted by molar-refractivity contribution is -0.158. The van der Waals surface area contributed by atoms with Crippen molar-refractivity contribution in [3.63, 3.8) is 0 Å². The summed E-state index contributed by atoms with van der Waals surface area (Å²) in [6.45, 7) is 6.65. The molecule has 0 aromatic rings. The molecule has 0 N–H and O–H groups in total. The van der Waals surface area contributed by atoms with E-state index in [-0.39, 0.29) is 11.7 Å². The lowest BCUT2D eigenvalue weighted by Gasteiger charge is -2.22. The second kappa shape index (κ2) is 5.43. The Morgan fingerprint density at radius 1 is 1.44 bits per heavy atom. The van der Waals surface area contributed by atoms with Gasteiger partial charge in [0.25, 0.3) is 0 Å². The molecule has 1 rings (SSSR count). The molecule has 0 saturated carbocycles. The molecule has 0 aromatic heterocycles. The monoisotopic (exact) mass is 228 g/mol. The number of carbonyl (C=O) groups is 2. The second-order valence-corrected chi connectivity index (χ2v) is 4.70. The predicted molar refractivity (Wildman–Crippen MR) is 59.0 cm³/mol. The van der Waals surface area contributed by atoms with Crippen molar-refractivity contribution in [2.45, 2.75) is 33.6 Å². The molecule has 1 saturated heterocycles. The molecule has 0 spiro atoms. The van der Waals surface area contributed by atoms with Crippen LogP contribution in [0, 0.1) is 11.3 Å². The molecule has 4 nitrogen and oxygen atoms in total. The highest BCUT2D eigenvalue weighted by molar-refractivity contribution is 6.03. The van der Waals surface area contributed by atoms with Gasteiger partial charge in [-0.2, -0.15) is 0 Å². The molecule has 1 fully saturated rings. The lowest BCUT2D eigenvalue weighted by Crippen LogP contribution is -2.36. The molecule has 0 aromatic carbocycles. The minimum absolute atomic E-state index is 0.0542. The van der Waals surface area contributed by atoms with E-state index in [2.05, 4.69) is 0 Å². The zero-order valence-electron chi connectivity index (χ0n) is 10.2. The highest BCUT2D eigenvalue weighted by Crippen LogP contribution is 2.26. The average Bonchev–Trinajstić information content (AvgIpc) is 2.70. The fourth-order valence-corrected chi connectivity index (χ4v) is 1.69. The van der Waals surface area contributed by atoms with Crippen LogP contribution in [0.1, 0.15) is 33.6 Å². The van der Waals surface area contributed by atoms with Gasteiger partial charge in [-0.25, -0.2) is 0 Å². The van der Waals surface area contributed by atoms with Crippen molar-refractivity contribution >= 4 is 11.8 Å². The highest BCUT2D eigenvalue weighted by Gasteiger charge is 2.38. The van der Waals surface area contributed by atoms with Crippen LogP contribution in [0.25, 0.3) is 0 Å². The first-order chi connectivity index (χ1) is 7.48. The molecule has 16 heavy (non-hydrogen) atoms. The van der Waals surface area contributed by atoms with Crippen molar-refractivity contribution in [2.75, 3.05) is 19.8 Å². The van der Waals surface area contributed by atoms with E-state index in [1.54, 1.807) is 20.8 Å². The molecule has 1 atom stereocenters. The Hall–Kier alpha value is -0.900. The van der Waals surface area contributed by atoms with Gasteiger partial charge in [0.2, 0.25) is 0 Å². The topological polar surface area (TPSA) is 52.6 Å². The number of esters is 1. The number of ether oxygens (including phenoxy) is 2. The standard InChI is InChI=1S/C12H20O4/c1-4-16-11(14)12(2,3)10(13)7-9-5-6-15-8-9/h9H,4-8H2,1-3H3. The molecule has 1 heterocycles. The molecule has 0 bridgehead atoms. The smallest absolute Gasteiger partial charge is 0.319 e. The maximum absolute atomic E-state index is 12.0. The van der Waals surface area contributed by atoms with Crippen LogP contribution >= 0.6 is 0 Å². The van der Waals surface area contributed by atoms with Crippen molar-refractivity contribution in [3.8, 4) is 0 Å².